The Morgan fingerprint density at radius 1 is 1.04 bits per heavy atom. The molecule has 0 aliphatic carbocycles. The minimum Gasteiger partial charge on any atom is -0.382 e. The van der Waals surface area contributed by atoms with Crippen LogP contribution in [0.1, 0.15) is 30.8 Å². The van der Waals surface area contributed by atoms with E-state index >= 15 is 0 Å². The van der Waals surface area contributed by atoms with Gasteiger partial charge < -0.3 is 15.5 Å². The second-order valence-corrected chi connectivity index (χ2v) is 7.60. The SMILES string of the molecule is CC1CC(C)CN(C(=O)CN2CCN(C(=O)c3nccnc3N)CC2)C1. The van der Waals surface area contributed by atoms with E-state index in [9.17, 15) is 9.59 Å². The Morgan fingerprint density at radius 2 is 1.65 bits per heavy atom. The number of aromatic nitrogens is 2. The Hall–Kier alpha value is -2.22. The topological polar surface area (TPSA) is 95.7 Å². The van der Waals surface area contributed by atoms with Gasteiger partial charge in [-0.05, 0) is 18.3 Å². The van der Waals surface area contributed by atoms with Crippen molar-refractivity contribution in [3.8, 4) is 0 Å². The standard InChI is InChI=1S/C18H28N6O2/c1-13-9-14(2)11-24(10-13)15(25)12-22-5-7-23(8-6-22)18(26)16-17(19)21-4-3-20-16/h3-4,13-14H,5-12H2,1-2H3,(H2,19,21). The summed E-state index contributed by atoms with van der Waals surface area (Å²) in [6.07, 6.45) is 4.13. The average Bonchev–Trinajstić information content (AvgIpc) is 2.61. The van der Waals surface area contributed by atoms with Crippen molar-refractivity contribution >= 4 is 17.6 Å². The summed E-state index contributed by atoms with van der Waals surface area (Å²) in [5.41, 5.74) is 5.95. The fourth-order valence-corrected chi connectivity index (χ4v) is 3.93. The van der Waals surface area contributed by atoms with Crippen LogP contribution in [0.5, 0.6) is 0 Å². The minimum atomic E-state index is -0.194. The normalized spacial score (nSPS) is 24.5. The van der Waals surface area contributed by atoms with Crippen LogP contribution in [0, 0.1) is 11.8 Å². The molecule has 0 saturated carbocycles. The minimum absolute atomic E-state index is 0.156. The molecule has 1 aromatic rings. The van der Waals surface area contributed by atoms with E-state index in [1.807, 2.05) is 4.90 Å². The molecule has 2 N–H and O–H groups in total. The van der Waals surface area contributed by atoms with Gasteiger partial charge in [-0.1, -0.05) is 13.8 Å². The summed E-state index contributed by atoms with van der Waals surface area (Å²) in [5, 5.41) is 0. The molecule has 3 heterocycles. The lowest BCUT2D eigenvalue weighted by molar-refractivity contribution is -0.135. The molecule has 2 saturated heterocycles. The molecule has 8 nitrogen and oxygen atoms in total. The summed E-state index contributed by atoms with van der Waals surface area (Å²) in [4.78, 5) is 38.9. The average molecular weight is 360 g/mol. The lowest BCUT2D eigenvalue weighted by Gasteiger charge is -2.38. The van der Waals surface area contributed by atoms with Gasteiger partial charge in [0.15, 0.2) is 11.5 Å². The number of piperazine rings is 1. The maximum atomic E-state index is 12.6. The summed E-state index contributed by atoms with van der Waals surface area (Å²) >= 11 is 0. The first-order valence-corrected chi connectivity index (χ1v) is 9.30. The predicted octanol–water partition coefficient (Wildman–Crippen LogP) is 0.321. The molecule has 3 rings (SSSR count). The summed E-state index contributed by atoms with van der Waals surface area (Å²) < 4.78 is 0. The Balaban J connectivity index is 1.50. The molecule has 1 aromatic heterocycles. The van der Waals surface area contributed by atoms with E-state index in [1.54, 1.807) is 4.90 Å². The van der Waals surface area contributed by atoms with Gasteiger partial charge in [-0.15, -0.1) is 0 Å². The Kier molecular flexibility index (Phi) is 5.70. The number of carbonyl (C=O) groups excluding carboxylic acids is 2. The summed E-state index contributed by atoms with van der Waals surface area (Å²) in [7, 11) is 0. The molecule has 2 aliphatic heterocycles. The number of anilines is 1. The highest BCUT2D eigenvalue weighted by Crippen LogP contribution is 2.21. The zero-order chi connectivity index (χ0) is 18.7. The van der Waals surface area contributed by atoms with Crippen molar-refractivity contribution in [1.82, 2.24) is 24.7 Å². The van der Waals surface area contributed by atoms with Gasteiger partial charge in [0, 0.05) is 51.7 Å². The van der Waals surface area contributed by atoms with Crippen LogP contribution in [-0.4, -0.2) is 82.3 Å². The Labute approximate surface area is 154 Å². The molecule has 0 bridgehead atoms. The van der Waals surface area contributed by atoms with Gasteiger partial charge in [0.25, 0.3) is 5.91 Å². The van der Waals surface area contributed by atoms with E-state index in [2.05, 4.69) is 28.7 Å². The second kappa shape index (κ2) is 7.99. The molecular weight excluding hydrogens is 332 g/mol. The van der Waals surface area contributed by atoms with Crippen molar-refractivity contribution in [2.45, 2.75) is 20.3 Å². The first-order valence-electron chi connectivity index (χ1n) is 9.30. The van der Waals surface area contributed by atoms with Gasteiger partial charge in [0.1, 0.15) is 0 Å². The monoisotopic (exact) mass is 360 g/mol. The maximum absolute atomic E-state index is 12.6. The van der Waals surface area contributed by atoms with Crippen LogP contribution >= 0.6 is 0 Å². The third-order valence-corrected chi connectivity index (χ3v) is 5.17. The highest BCUT2D eigenvalue weighted by molar-refractivity contribution is 5.96. The van der Waals surface area contributed by atoms with Crippen molar-refractivity contribution in [3.63, 3.8) is 0 Å². The van der Waals surface area contributed by atoms with Crippen molar-refractivity contribution < 1.29 is 9.59 Å². The smallest absolute Gasteiger partial charge is 0.276 e. The van der Waals surface area contributed by atoms with E-state index in [0.29, 0.717) is 44.6 Å². The second-order valence-electron chi connectivity index (χ2n) is 7.60. The van der Waals surface area contributed by atoms with E-state index in [1.165, 1.54) is 18.8 Å². The van der Waals surface area contributed by atoms with Gasteiger partial charge in [0.05, 0.1) is 6.54 Å². The van der Waals surface area contributed by atoms with Crippen LogP contribution < -0.4 is 5.73 Å². The maximum Gasteiger partial charge on any atom is 0.276 e. The fraction of sp³-hybridized carbons (Fsp3) is 0.667. The van der Waals surface area contributed by atoms with E-state index in [4.69, 9.17) is 5.73 Å². The van der Waals surface area contributed by atoms with Gasteiger partial charge in [0.2, 0.25) is 5.91 Å². The quantitative estimate of drug-likeness (QED) is 0.834. The van der Waals surface area contributed by atoms with E-state index < -0.39 is 0 Å². The summed E-state index contributed by atoms with van der Waals surface area (Å²) in [6.45, 7) is 9.03. The lowest BCUT2D eigenvalue weighted by Crippen LogP contribution is -2.53. The number of nitrogen functional groups attached to an aromatic ring is 1. The molecule has 8 heteroatoms. The third kappa shape index (κ3) is 4.30. The number of amides is 2. The van der Waals surface area contributed by atoms with Crippen molar-refractivity contribution in [1.29, 1.82) is 0 Å². The van der Waals surface area contributed by atoms with Crippen LogP contribution in [0.25, 0.3) is 0 Å². The van der Waals surface area contributed by atoms with Gasteiger partial charge in [-0.3, -0.25) is 14.5 Å². The van der Waals surface area contributed by atoms with E-state index in [0.717, 1.165) is 13.1 Å². The number of hydrogen-bond donors (Lipinski definition) is 1. The van der Waals surface area contributed by atoms with E-state index in [-0.39, 0.29) is 23.3 Å². The number of nitrogens with two attached hydrogens (primary N) is 1. The van der Waals surface area contributed by atoms with Crippen LogP contribution in [-0.2, 0) is 4.79 Å². The molecule has 0 spiro atoms. The lowest BCUT2D eigenvalue weighted by atomic mass is 9.92. The molecule has 2 aliphatic rings. The number of likely N-dealkylation sites (tertiary alicyclic amines) is 1. The van der Waals surface area contributed by atoms with Gasteiger partial charge in [-0.2, -0.15) is 0 Å². The van der Waals surface area contributed by atoms with Gasteiger partial charge >= 0.3 is 0 Å². The van der Waals surface area contributed by atoms with Crippen LogP contribution in [0.2, 0.25) is 0 Å². The number of rotatable bonds is 3. The number of piperidine rings is 1. The zero-order valence-corrected chi connectivity index (χ0v) is 15.6. The molecule has 2 atom stereocenters. The molecule has 0 aromatic carbocycles. The van der Waals surface area contributed by atoms with Gasteiger partial charge in [-0.25, -0.2) is 9.97 Å². The molecule has 2 amide bonds. The van der Waals surface area contributed by atoms with Crippen molar-refractivity contribution in [2.24, 2.45) is 11.8 Å². The molecular formula is C18H28N6O2. The molecule has 142 valence electrons. The molecule has 0 radical (unpaired) electrons. The molecule has 26 heavy (non-hydrogen) atoms. The number of carbonyl (C=O) groups is 2. The molecule has 2 fully saturated rings. The van der Waals surface area contributed by atoms with Crippen LogP contribution in [0.3, 0.4) is 0 Å². The highest BCUT2D eigenvalue weighted by Gasteiger charge is 2.29. The largest absolute Gasteiger partial charge is 0.382 e. The summed E-state index contributed by atoms with van der Waals surface area (Å²) in [5.74, 6) is 1.29. The Morgan fingerprint density at radius 3 is 2.27 bits per heavy atom. The van der Waals surface area contributed by atoms with Crippen LogP contribution in [0.4, 0.5) is 5.82 Å². The molecule has 2 unspecified atom stereocenters. The zero-order valence-electron chi connectivity index (χ0n) is 15.6. The summed E-state index contributed by atoms with van der Waals surface area (Å²) in [6, 6.07) is 0. The van der Waals surface area contributed by atoms with Crippen molar-refractivity contribution in [2.75, 3.05) is 51.5 Å². The fourth-order valence-electron chi connectivity index (χ4n) is 3.93. The first-order chi connectivity index (χ1) is 12.4. The van der Waals surface area contributed by atoms with Crippen molar-refractivity contribution in [3.05, 3.63) is 18.1 Å². The number of nitrogens with zero attached hydrogens (tertiary/aromatic N) is 5. The Bertz CT molecular complexity index is 649. The first kappa shape index (κ1) is 18.6. The van der Waals surface area contributed by atoms with Crippen LogP contribution in [0.15, 0.2) is 12.4 Å². The third-order valence-electron chi connectivity index (χ3n) is 5.17. The highest BCUT2D eigenvalue weighted by atomic mass is 16.2. The number of hydrogen-bond acceptors (Lipinski definition) is 6. The predicted molar refractivity (Wildman–Crippen MR) is 98.3 cm³/mol.